The predicted octanol–water partition coefficient (Wildman–Crippen LogP) is 2.94. The minimum atomic E-state index is -0.593. The highest BCUT2D eigenvalue weighted by molar-refractivity contribution is 5.96. The van der Waals surface area contributed by atoms with E-state index in [0.717, 1.165) is 5.56 Å². The molecule has 5 nitrogen and oxygen atoms in total. The van der Waals surface area contributed by atoms with Crippen molar-refractivity contribution in [2.75, 3.05) is 6.61 Å². The Labute approximate surface area is 140 Å². The number of nitrogens with two attached hydrogens (primary N) is 1. The van der Waals surface area contributed by atoms with Gasteiger partial charge in [-0.25, -0.2) is 4.79 Å². The third-order valence-electron chi connectivity index (χ3n) is 3.20. The number of carbonyl (C=O) groups is 2. The summed E-state index contributed by atoms with van der Waals surface area (Å²) < 4.78 is 10.5. The maximum absolute atomic E-state index is 11.7. The van der Waals surface area contributed by atoms with E-state index in [1.807, 2.05) is 30.3 Å². The molecule has 0 atom stereocenters. The SMILES string of the molecule is CCOC(=O)/C=C/c1ccc(OCc2ccccc2)c(C(N)=O)c1. The van der Waals surface area contributed by atoms with Crippen LogP contribution in [0.15, 0.2) is 54.6 Å². The molecule has 2 rings (SSSR count). The van der Waals surface area contributed by atoms with Crippen LogP contribution in [-0.2, 0) is 16.1 Å². The number of benzene rings is 2. The zero-order valence-corrected chi connectivity index (χ0v) is 13.4. The molecule has 0 aliphatic carbocycles. The molecule has 0 aliphatic rings. The molecule has 0 fully saturated rings. The van der Waals surface area contributed by atoms with E-state index in [1.54, 1.807) is 31.2 Å². The van der Waals surface area contributed by atoms with Crippen molar-refractivity contribution in [2.45, 2.75) is 13.5 Å². The molecule has 2 N–H and O–H groups in total. The Morgan fingerprint density at radius 2 is 1.88 bits per heavy atom. The van der Waals surface area contributed by atoms with E-state index in [1.165, 1.54) is 6.08 Å². The molecule has 5 heteroatoms. The fraction of sp³-hybridized carbons (Fsp3) is 0.158. The Hall–Kier alpha value is -3.08. The molecule has 0 heterocycles. The van der Waals surface area contributed by atoms with Gasteiger partial charge in [0.05, 0.1) is 12.2 Å². The summed E-state index contributed by atoms with van der Waals surface area (Å²) in [5.41, 5.74) is 7.32. The first kappa shape index (κ1) is 17.3. The van der Waals surface area contributed by atoms with E-state index >= 15 is 0 Å². The van der Waals surface area contributed by atoms with Crippen LogP contribution < -0.4 is 10.5 Å². The summed E-state index contributed by atoms with van der Waals surface area (Å²) in [6, 6.07) is 14.6. The fourth-order valence-corrected chi connectivity index (χ4v) is 2.06. The van der Waals surface area contributed by atoms with Crippen molar-refractivity contribution in [1.82, 2.24) is 0 Å². The Morgan fingerprint density at radius 3 is 2.54 bits per heavy atom. The summed E-state index contributed by atoms with van der Waals surface area (Å²) in [7, 11) is 0. The summed E-state index contributed by atoms with van der Waals surface area (Å²) in [6.07, 6.45) is 2.86. The van der Waals surface area contributed by atoms with Crippen molar-refractivity contribution in [3.8, 4) is 5.75 Å². The molecule has 0 radical (unpaired) electrons. The topological polar surface area (TPSA) is 78.6 Å². The third-order valence-corrected chi connectivity index (χ3v) is 3.20. The highest BCUT2D eigenvalue weighted by Crippen LogP contribution is 2.22. The molecule has 0 saturated carbocycles. The molecule has 0 aliphatic heterocycles. The van der Waals surface area contributed by atoms with Gasteiger partial charge in [0.1, 0.15) is 12.4 Å². The molecule has 2 aromatic carbocycles. The Kier molecular flexibility index (Phi) is 6.14. The summed E-state index contributed by atoms with van der Waals surface area (Å²) >= 11 is 0. The van der Waals surface area contributed by atoms with Gasteiger partial charge in [0.25, 0.3) is 5.91 Å². The van der Waals surface area contributed by atoms with Gasteiger partial charge in [0.15, 0.2) is 0 Å². The van der Waals surface area contributed by atoms with Crippen LogP contribution in [0.3, 0.4) is 0 Å². The molecule has 0 saturated heterocycles. The lowest BCUT2D eigenvalue weighted by Gasteiger charge is -2.10. The Bertz CT molecular complexity index is 738. The number of hydrogen-bond acceptors (Lipinski definition) is 4. The van der Waals surface area contributed by atoms with E-state index in [0.29, 0.717) is 24.5 Å². The van der Waals surface area contributed by atoms with Gasteiger partial charge in [-0.3, -0.25) is 4.79 Å². The highest BCUT2D eigenvalue weighted by atomic mass is 16.5. The van der Waals surface area contributed by atoms with E-state index in [4.69, 9.17) is 15.2 Å². The average Bonchev–Trinajstić information content (AvgIpc) is 2.59. The second kappa shape index (κ2) is 8.53. The first-order chi connectivity index (χ1) is 11.6. The van der Waals surface area contributed by atoms with E-state index in [2.05, 4.69) is 0 Å². The van der Waals surface area contributed by atoms with Crippen molar-refractivity contribution in [3.63, 3.8) is 0 Å². The second-order valence-corrected chi connectivity index (χ2v) is 4.98. The third kappa shape index (κ3) is 4.98. The fourth-order valence-electron chi connectivity index (χ4n) is 2.06. The average molecular weight is 325 g/mol. The monoisotopic (exact) mass is 325 g/mol. The minimum Gasteiger partial charge on any atom is -0.488 e. The molecule has 0 aromatic heterocycles. The lowest BCUT2D eigenvalue weighted by Crippen LogP contribution is -2.13. The Morgan fingerprint density at radius 1 is 1.12 bits per heavy atom. The van der Waals surface area contributed by atoms with Crippen LogP contribution in [0, 0.1) is 0 Å². The molecule has 0 unspecified atom stereocenters. The van der Waals surface area contributed by atoms with Gasteiger partial charge in [-0.1, -0.05) is 36.4 Å². The van der Waals surface area contributed by atoms with Crippen molar-refractivity contribution in [3.05, 3.63) is 71.3 Å². The number of primary amides is 1. The van der Waals surface area contributed by atoms with Gasteiger partial charge in [-0.05, 0) is 36.3 Å². The van der Waals surface area contributed by atoms with E-state index in [-0.39, 0.29) is 5.56 Å². The second-order valence-electron chi connectivity index (χ2n) is 4.98. The maximum atomic E-state index is 11.7. The zero-order chi connectivity index (χ0) is 17.4. The first-order valence-electron chi connectivity index (χ1n) is 7.55. The number of esters is 1. The molecular formula is C19H19NO4. The van der Waals surface area contributed by atoms with Crippen LogP contribution in [0.1, 0.15) is 28.4 Å². The van der Waals surface area contributed by atoms with Gasteiger partial charge in [0, 0.05) is 6.08 Å². The van der Waals surface area contributed by atoms with E-state index < -0.39 is 11.9 Å². The van der Waals surface area contributed by atoms with Gasteiger partial charge >= 0.3 is 5.97 Å². The summed E-state index contributed by atoms with van der Waals surface area (Å²) in [5.74, 6) is -0.633. The van der Waals surface area contributed by atoms with Crippen LogP contribution >= 0.6 is 0 Å². The maximum Gasteiger partial charge on any atom is 0.330 e. The van der Waals surface area contributed by atoms with Crippen LogP contribution in [-0.4, -0.2) is 18.5 Å². The summed E-state index contributed by atoms with van der Waals surface area (Å²) in [6.45, 7) is 2.37. The molecule has 124 valence electrons. The van der Waals surface area contributed by atoms with Gasteiger partial charge in [-0.2, -0.15) is 0 Å². The number of carbonyl (C=O) groups excluding carboxylic acids is 2. The number of ether oxygens (including phenoxy) is 2. The van der Waals surface area contributed by atoms with Gasteiger partial charge < -0.3 is 15.2 Å². The molecule has 2 aromatic rings. The number of rotatable bonds is 7. The van der Waals surface area contributed by atoms with Crippen molar-refractivity contribution >= 4 is 18.0 Å². The van der Waals surface area contributed by atoms with Crippen molar-refractivity contribution < 1.29 is 19.1 Å². The summed E-state index contributed by atoms with van der Waals surface area (Å²) in [5, 5.41) is 0. The summed E-state index contributed by atoms with van der Waals surface area (Å²) in [4.78, 5) is 23.0. The van der Waals surface area contributed by atoms with Crippen LogP contribution in [0.5, 0.6) is 5.75 Å². The smallest absolute Gasteiger partial charge is 0.330 e. The van der Waals surface area contributed by atoms with Crippen molar-refractivity contribution in [2.24, 2.45) is 5.73 Å². The van der Waals surface area contributed by atoms with Gasteiger partial charge in [0.2, 0.25) is 0 Å². The molecule has 24 heavy (non-hydrogen) atoms. The molecular weight excluding hydrogens is 306 g/mol. The van der Waals surface area contributed by atoms with Crippen molar-refractivity contribution in [1.29, 1.82) is 0 Å². The highest BCUT2D eigenvalue weighted by Gasteiger charge is 2.10. The van der Waals surface area contributed by atoms with E-state index in [9.17, 15) is 9.59 Å². The lowest BCUT2D eigenvalue weighted by atomic mass is 10.1. The minimum absolute atomic E-state index is 0.261. The normalized spacial score (nSPS) is 10.5. The molecule has 0 bridgehead atoms. The Balaban J connectivity index is 2.14. The number of amides is 1. The van der Waals surface area contributed by atoms with Crippen LogP contribution in [0.2, 0.25) is 0 Å². The van der Waals surface area contributed by atoms with Crippen LogP contribution in [0.4, 0.5) is 0 Å². The molecule has 0 spiro atoms. The van der Waals surface area contributed by atoms with Crippen LogP contribution in [0.25, 0.3) is 6.08 Å². The lowest BCUT2D eigenvalue weighted by molar-refractivity contribution is -0.137. The standard InChI is InChI=1S/C19H19NO4/c1-2-23-18(21)11-9-14-8-10-17(16(12-14)19(20)22)24-13-15-6-4-3-5-7-15/h3-12H,2,13H2,1H3,(H2,20,22)/b11-9+. The number of hydrogen-bond donors (Lipinski definition) is 1. The first-order valence-corrected chi connectivity index (χ1v) is 7.55. The quantitative estimate of drug-likeness (QED) is 0.627. The van der Waals surface area contributed by atoms with Gasteiger partial charge in [-0.15, -0.1) is 0 Å². The zero-order valence-electron chi connectivity index (χ0n) is 13.4. The predicted molar refractivity (Wildman–Crippen MR) is 91.4 cm³/mol. The largest absolute Gasteiger partial charge is 0.488 e. The molecule has 1 amide bonds.